The summed E-state index contributed by atoms with van der Waals surface area (Å²) in [5.74, 6) is 0.468. The van der Waals surface area contributed by atoms with Gasteiger partial charge in [-0.3, -0.25) is 4.79 Å². The molecule has 156 valence electrons. The van der Waals surface area contributed by atoms with Crippen molar-refractivity contribution in [1.29, 1.82) is 5.26 Å². The summed E-state index contributed by atoms with van der Waals surface area (Å²) in [6, 6.07) is 15.1. The Kier molecular flexibility index (Phi) is 8.90. The molecule has 1 amide bonds. The van der Waals surface area contributed by atoms with E-state index in [9.17, 15) is 9.59 Å². The molecule has 2 aromatic carbocycles. The van der Waals surface area contributed by atoms with Crippen molar-refractivity contribution in [1.82, 2.24) is 5.32 Å². The Morgan fingerprint density at radius 1 is 1.00 bits per heavy atom. The number of rotatable bonds is 10. The number of nitrogens with one attached hydrogen (secondary N) is 1. The summed E-state index contributed by atoms with van der Waals surface area (Å²) < 4.78 is 20.5. The molecule has 0 heterocycles. The largest absolute Gasteiger partial charge is 0.497 e. The summed E-state index contributed by atoms with van der Waals surface area (Å²) in [4.78, 5) is 23.9. The predicted molar refractivity (Wildman–Crippen MR) is 109 cm³/mol. The van der Waals surface area contributed by atoms with E-state index in [1.165, 1.54) is 13.2 Å². The van der Waals surface area contributed by atoms with Gasteiger partial charge in [0.2, 0.25) is 0 Å². The highest BCUT2D eigenvalue weighted by atomic mass is 16.6. The van der Waals surface area contributed by atoms with Crippen LogP contribution in [-0.4, -0.2) is 45.9 Å². The third-order valence-corrected chi connectivity index (χ3v) is 3.80. The molecule has 0 fully saturated rings. The molecule has 30 heavy (non-hydrogen) atoms. The molecule has 0 aromatic heterocycles. The molecule has 8 heteroatoms. The lowest BCUT2D eigenvalue weighted by molar-refractivity contribution is -0.136. The average Bonchev–Trinajstić information content (AvgIpc) is 2.77. The van der Waals surface area contributed by atoms with Crippen molar-refractivity contribution in [2.75, 3.05) is 34.0 Å². The van der Waals surface area contributed by atoms with E-state index in [4.69, 9.17) is 24.2 Å². The summed E-state index contributed by atoms with van der Waals surface area (Å²) in [7, 11) is 3.08. The quantitative estimate of drug-likeness (QED) is 0.211. The van der Waals surface area contributed by atoms with Gasteiger partial charge in [0.15, 0.2) is 6.61 Å². The van der Waals surface area contributed by atoms with E-state index in [1.807, 2.05) is 6.07 Å². The average molecular weight is 410 g/mol. The zero-order valence-corrected chi connectivity index (χ0v) is 16.7. The van der Waals surface area contributed by atoms with Crippen LogP contribution >= 0.6 is 0 Å². The fraction of sp³-hybridized carbons (Fsp3) is 0.227. The second kappa shape index (κ2) is 11.9. The molecular formula is C22H22N2O6. The molecule has 0 bridgehead atoms. The first-order valence-corrected chi connectivity index (χ1v) is 9.02. The Bertz CT molecular complexity index is 914. The zero-order chi connectivity index (χ0) is 21.8. The molecular weight excluding hydrogens is 388 g/mol. The SMILES string of the molecule is COCCNC(=O)/C(C#N)=C/c1ccc(OC(=O)COc2ccc(OC)cc2)cc1. The molecule has 2 rings (SSSR count). The number of amides is 1. The zero-order valence-electron chi connectivity index (χ0n) is 16.7. The van der Waals surface area contributed by atoms with Crippen molar-refractivity contribution >= 4 is 18.0 Å². The highest BCUT2D eigenvalue weighted by Gasteiger charge is 2.09. The normalized spacial score (nSPS) is 10.6. The first kappa shape index (κ1) is 22.5. The molecule has 0 radical (unpaired) electrons. The number of carbonyl (C=O) groups is 2. The van der Waals surface area contributed by atoms with E-state index in [0.717, 1.165) is 0 Å². The second-order valence-electron chi connectivity index (χ2n) is 5.93. The number of carbonyl (C=O) groups excluding carboxylic acids is 2. The fourth-order valence-electron chi connectivity index (χ4n) is 2.28. The lowest BCUT2D eigenvalue weighted by atomic mass is 10.1. The molecule has 0 saturated carbocycles. The van der Waals surface area contributed by atoms with Gasteiger partial charge < -0.3 is 24.3 Å². The van der Waals surface area contributed by atoms with Crippen LogP contribution in [0.4, 0.5) is 0 Å². The van der Waals surface area contributed by atoms with Crippen molar-refractivity contribution < 1.29 is 28.5 Å². The van der Waals surface area contributed by atoms with Gasteiger partial charge in [-0.25, -0.2) is 4.79 Å². The van der Waals surface area contributed by atoms with Gasteiger partial charge >= 0.3 is 5.97 Å². The number of methoxy groups -OCH3 is 2. The minimum atomic E-state index is -0.565. The first-order valence-electron chi connectivity index (χ1n) is 9.02. The minimum Gasteiger partial charge on any atom is -0.497 e. The van der Waals surface area contributed by atoms with Gasteiger partial charge in [-0.1, -0.05) is 12.1 Å². The van der Waals surface area contributed by atoms with Gasteiger partial charge in [0.05, 0.1) is 13.7 Å². The molecule has 0 spiro atoms. The lowest BCUT2D eigenvalue weighted by Gasteiger charge is -2.08. The van der Waals surface area contributed by atoms with Crippen LogP contribution in [0, 0.1) is 11.3 Å². The standard InChI is InChI=1S/C22H22N2O6/c1-27-12-11-24-22(26)17(14-23)13-16-3-5-20(6-4-16)30-21(25)15-29-19-9-7-18(28-2)8-10-19/h3-10,13H,11-12,15H2,1-2H3,(H,24,26)/b17-13+. The number of ether oxygens (including phenoxy) is 4. The van der Waals surface area contributed by atoms with Gasteiger partial charge in [-0.15, -0.1) is 0 Å². The number of nitrogens with zero attached hydrogens (tertiary/aromatic N) is 1. The second-order valence-corrected chi connectivity index (χ2v) is 5.93. The van der Waals surface area contributed by atoms with E-state index in [-0.39, 0.29) is 12.2 Å². The van der Waals surface area contributed by atoms with Crippen molar-refractivity contribution in [2.24, 2.45) is 0 Å². The van der Waals surface area contributed by atoms with Gasteiger partial charge in [0.1, 0.15) is 28.9 Å². The Morgan fingerprint density at radius 2 is 1.63 bits per heavy atom. The molecule has 0 saturated heterocycles. The van der Waals surface area contributed by atoms with Gasteiger partial charge in [0.25, 0.3) is 5.91 Å². The molecule has 0 aliphatic carbocycles. The Hall–Kier alpha value is -3.83. The number of benzene rings is 2. The molecule has 0 unspecified atom stereocenters. The van der Waals surface area contributed by atoms with E-state index in [1.54, 1.807) is 55.6 Å². The van der Waals surface area contributed by atoms with Crippen LogP contribution in [0.1, 0.15) is 5.56 Å². The van der Waals surface area contributed by atoms with Gasteiger partial charge in [-0.2, -0.15) is 5.26 Å². The smallest absolute Gasteiger partial charge is 0.349 e. The van der Waals surface area contributed by atoms with Gasteiger partial charge in [-0.05, 0) is 48.0 Å². The fourth-order valence-corrected chi connectivity index (χ4v) is 2.28. The van der Waals surface area contributed by atoms with Crippen molar-refractivity contribution in [3.63, 3.8) is 0 Å². The highest BCUT2D eigenvalue weighted by Crippen LogP contribution is 2.18. The molecule has 0 aliphatic heterocycles. The van der Waals surface area contributed by atoms with Crippen LogP contribution in [0.5, 0.6) is 17.2 Å². The number of hydrogen-bond acceptors (Lipinski definition) is 7. The van der Waals surface area contributed by atoms with Crippen LogP contribution in [-0.2, 0) is 14.3 Å². The lowest BCUT2D eigenvalue weighted by Crippen LogP contribution is -2.27. The molecule has 2 aromatic rings. The number of hydrogen-bond donors (Lipinski definition) is 1. The summed E-state index contributed by atoms with van der Waals surface area (Å²) in [6.45, 7) is 0.405. The highest BCUT2D eigenvalue weighted by molar-refractivity contribution is 6.01. The maximum absolute atomic E-state index is 11.9. The topological polar surface area (TPSA) is 107 Å². The van der Waals surface area contributed by atoms with Crippen LogP contribution in [0.15, 0.2) is 54.1 Å². The first-order chi connectivity index (χ1) is 14.5. The van der Waals surface area contributed by atoms with Crippen molar-refractivity contribution in [3.8, 4) is 23.3 Å². The summed E-state index contributed by atoms with van der Waals surface area (Å²) >= 11 is 0. The van der Waals surface area contributed by atoms with Crippen molar-refractivity contribution in [3.05, 3.63) is 59.7 Å². The van der Waals surface area contributed by atoms with Gasteiger partial charge in [0, 0.05) is 13.7 Å². The Morgan fingerprint density at radius 3 is 2.23 bits per heavy atom. The van der Waals surface area contributed by atoms with E-state index in [0.29, 0.717) is 36.0 Å². The molecule has 8 nitrogen and oxygen atoms in total. The van der Waals surface area contributed by atoms with Crippen LogP contribution < -0.4 is 19.5 Å². The maximum Gasteiger partial charge on any atom is 0.349 e. The van der Waals surface area contributed by atoms with Crippen LogP contribution in [0.2, 0.25) is 0 Å². The summed E-state index contributed by atoms with van der Waals surface area (Å²) in [5, 5.41) is 11.8. The molecule has 0 atom stereocenters. The predicted octanol–water partition coefficient (Wildman–Crippen LogP) is 2.35. The maximum atomic E-state index is 11.9. The number of esters is 1. The summed E-state index contributed by atoms with van der Waals surface area (Å²) in [5.41, 5.74) is 0.575. The third-order valence-electron chi connectivity index (χ3n) is 3.80. The van der Waals surface area contributed by atoms with E-state index >= 15 is 0 Å². The Balaban J connectivity index is 1.88. The molecule has 1 N–H and O–H groups in total. The summed E-state index contributed by atoms with van der Waals surface area (Å²) in [6.07, 6.45) is 1.44. The number of nitriles is 1. The van der Waals surface area contributed by atoms with Crippen LogP contribution in [0.25, 0.3) is 6.08 Å². The van der Waals surface area contributed by atoms with Crippen molar-refractivity contribution in [2.45, 2.75) is 0 Å². The monoisotopic (exact) mass is 410 g/mol. The third kappa shape index (κ3) is 7.30. The van der Waals surface area contributed by atoms with E-state index in [2.05, 4.69) is 5.32 Å². The minimum absolute atomic E-state index is 0.0382. The van der Waals surface area contributed by atoms with E-state index < -0.39 is 11.9 Å². The Labute approximate surface area is 174 Å². The van der Waals surface area contributed by atoms with Crippen LogP contribution in [0.3, 0.4) is 0 Å². The molecule has 0 aliphatic rings.